The first-order valence-corrected chi connectivity index (χ1v) is 7.84. The zero-order valence-corrected chi connectivity index (χ0v) is 13.8. The predicted octanol–water partition coefficient (Wildman–Crippen LogP) is 3.76. The molecule has 0 spiro atoms. The summed E-state index contributed by atoms with van der Waals surface area (Å²) in [4.78, 5) is 11.3. The van der Waals surface area contributed by atoms with Crippen molar-refractivity contribution in [2.75, 3.05) is 19.1 Å². The van der Waals surface area contributed by atoms with Gasteiger partial charge in [-0.05, 0) is 34.8 Å². The van der Waals surface area contributed by atoms with E-state index in [-0.39, 0.29) is 0 Å². The fraction of sp³-hybridized carbons (Fsp3) is 0.375. The van der Waals surface area contributed by atoms with Crippen molar-refractivity contribution in [1.29, 1.82) is 0 Å². The number of para-hydroxylation sites is 1. The molecule has 1 aliphatic carbocycles. The predicted molar refractivity (Wildman–Crippen MR) is 86.8 cm³/mol. The van der Waals surface area contributed by atoms with Crippen molar-refractivity contribution in [2.24, 2.45) is 0 Å². The number of anilines is 1. The molecule has 2 aromatic rings. The number of methoxy groups -OCH3 is 1. The average molecular weight is 348 g/mol. The molecule has 1 heterocycles. The highest BCUT2D eigenvalue weighted by Crippen LogP contribution is 2.39. The first kappa shape index (κ1) is 14.3. The lowest BCUT2D eigenvalue weighted by Gasteiger charge is -2.20. The van der Waals surface area contributed by atoms with Gasteiger partial charge in [0.05, 0.1) is 7.11 Å². The van der Waals surface area contributed by atoms with Crippen LogP contribution in [-0.2, 0) is 6.54 Å². The zero-order chi connectivity index (χ0) is 14.8. The lowest BCUT2D eigenvalue weighted by Crippen LogP contribution is -2.19. The second kappa shape index (κ2) is 6.02. The van der Waals surface area contributed by atoms with Crippen molar-refractivity contribution in [3.63, 3.8) is 0 Å². The fourth-order valence-electron chi connectivity index (χ4n) is 2.31. The molecular formula is C16H18BrN3O. The van der Waals surface area contributed by atoms with Crippen molar-refractivity contribution in [2.45, 2.75) is 25.3 Å². The molecule has 1 aromatic heterocycles. The van der Waals surface area contributed by atoms with Gasteiger partial charge in [-0.2, -0.15) is 0 Å². The van der Waals surface area contributed by atoms with E-state index in [1.165, 1.54) is 12.8 Å². The third-order valence-electron chi connectivity index (χ3n) is 3.63. The van der Waals surface area contributed by atoms with E-state index < -0.39 is 0 Å². The van der Waals surface area contributed by atoms with Gasteiger partial charge < -0.3 is 9.64 Å². The molecule has 5 heteroatoms. The molecule has 1 aliphatic rings. The molecule has 0 aliphatic heterocycles. The minimum atomic E-state index is 0.543. The Bertz CT molecular complexity index is 643. The van der Waals surface area contributed by atoms with Crippen molar-refractivity contribution in [3.05, 3.63) is 46.3 Å². The standard InChI is InChI=1S/C16H18BrN3O/c1-20(10-12-5-3-4-6-13(12)21-2)15-9-14(17)18-16(19-15)11-7-8-11/h3-6,9,11H,7-8,10H2,1-2H3. The van der Waals surface area contributed by atoms with Crippen LogP contribution in [-0.4, -0.2) is 24.1 Å². The van der Waals surface area contributed by atoms with Crippen LogP contribution in [0.5, 0.6) is 5.75 Å². The number of nitrogens with zero attached hydrogens (tertiary/aromatic N) is 3. The van der Waals surface area contributed by atoms with E-state index in [0.717, 1.165) is 34.1 Å². The minimum absolute atomic E-state index is 0.543. The quantitative estimate of drug-likeness (QED) is 0.771. The van der Waals surface area contributed by atoms with Crippen LogP contribution < -0.4 is 9.64 Å². The zero-order valence-electron chi connectivity index (χ0n) is 12.2. The van der Waals surface area contributed by atoms with Crippen LogP contribution >= 0.6 is 15.9 Å². The van der Waals surface area contributed by atoms with E-state index in [4.69, 9.17) is 9.72 Å². The highest BCUT2D eigenvalue weighted by molar-refractivity contribution is 9.10. The molecule has 0 radical (unpaired) electrons. The Hall–Kier alpha value is -1.62. The van der Waals surface area contributed by atoms with Crippen molar-refractivity contribution >= 4 is 21.7 Å². The second-order valence-corrected chi connectivity index (χ2v) is 6.16. The van der Waals surface area contributed by atoms with Gasteiger partial charge in [0.1, 0.15) is 22.0 Å². The highest BCUT2D eigenvalue weighted by atomic mass is 79.9. The van der Waals surface area contributed by atoms with E-state index >= 15 is 0 Å². The lowest BCUT2D eigenvalue weighted by atomic mass is 10.2. The van der Waals surface area contributed by atoms with Crippen molar-refractivity contribution in [3.8, 4) is 5.75 Å². The van der Waals surface area contributed by atoms with Gasteiger partial charge in [-0.25, -0.2) is 9.97 Å². The Morgan fingerprint density at radius 1 is 1.29 bits per heavy atom. The molecule has 0 atom stereocenters. The summed E-state index contributed by atoms with van der Waals surface area (Å²) in [5, 5.41) is 0. The molecular weight excluding hydrogens is 330 g/mol. The monoisotopic (exact) mass is 347 g/mol. The molecule has 0 amide bonds. The second-order valence-electron chi connectivity index (χ2n) is 5.35. The van der Waals surface area contributed by atoms with E-state index in [1.54, 1.807) is 7.11 Å². The Morgan fingerprint density at radius 3 is 2.76 bits per heavy atom. The Balaban J connectivity index is 1.83. The van der Waals surface area contributed by atoms with Crippen LogP contribution in [0.4, 0.5) is 5.82 Å². The van der Waals surface area contributed by atoms with E-state index in [9.17, 15) is 0 Å². The van der Waals surface area contributed by atoms with Crippen LogP contribution in [0, 0.1) is 0 Å². The lowest BCUT2D eigenvalue weighted by molar-refractivity contribution is 0.409. The largest absolute Gasteiger partial charge is 0.496 e. The number of benzene rings is 1. The SMILES string of the molecule is COc1ccccc1CN(C)c1cc(Br)nc(C2CC2)n1. The van der Waals surface area contributed by atoms with Gasteiger partial charge in [-0.3, -0.25) is 0 Å². The third kappa shape index (κ3) is 3.35. The molecule has 1 aromatic carbocycles. The summed E-state index contributed by atoms with van der Waals surface area (Å²) >= 11 is 3.49. The molecule has 0 bridgehead atoms. The summed E-state index contributed by atoms with van der Waals surface area (Å²) in [6.45, 7) is 0.748. The maximum atomic E-state index is 5.41. The van der Waals surface area contributed by atoms with Crippen LogP contribution in [0.1, 0.15) is 30.1 Å². The van der Waals surface area contributed by atoms with Crippen LogP contribution in [0.25, 0.3) is 0 Å². The maximum absolute atomic E-state index is 5.41. The fourth-order valence-corrected chi connectivity index (χ4v) is 2.70. The summed E-state index contributed by atoms with van der Waals surface area (Å²) in [5.74, 6) is 3.33. The molecule has 1 saturated carbocycles. The summed E-state index contributed by atoms with van der Waals surface area (Å²) in [7, 11) is 3.74. The number of aromatic nitrogens is 2. The number of hydrogen-bond donors (Lipinski definition) is 0. The van der Waals surface area contributed by atoms with E-state index in [1.807, 2.05) is 31.3 Å². The summed E-state index contributed by atoms with van der Waals surface area (Å²) in [6.07, 6.45) is 2.40. The molecule has 0 saturated heterocycles. The number of halogens is 1. The third-order valence-corrected chi connectivity index (χ3v) is 4.04. The normalized spacial score (nSPS) is 14.0. The van der Waals surface area contributed by atoms with E-state index in [0.29, 0.717) is 5.92 Å². The van der Waals surface area contributed by atoms with Crippen molar-refractivity contribution in [1.82, 2.24) is 9.97 Å². The van der Waals surface area contributed by atoms with Gasteiger partial charge in [0.15, 0.2) is 0 Å². The highest BCUT2D eigenvalue weighted by Gasteiger charge is 2.27. The summed E-state index contributed by atoms with van der Waals surface area (Å²) in [5.41, 5.74) is 1.14. The number of ether oxygens (including phenoxy) is 1. The summed E-state index contributed by atoms with van der Waals surface area (Å²) in [6, 6.07) is 10.0. The maximum Gasteiger partial charge on any atom is 0.135 e. The summed E-state index contributed by atoms with van der Waals surface area (Å²) < 4.78 is 6.26. The van der Waals surface area contributed by atoms with Crippen LogP contribution in [0.15, 0.2) is 34.9 Å². The van der Waals surface area contributed by atoms with E-state index in [2.05, 4.69) is 31.9 Å². The Morgan fingerprint density at radius 2 is 2.05 bits per heavy atom. The van der Waals surface area contributed by atoms with Crippen LogP contribution in [0.3, 0.4) is 0 Å². The molecule has 110 valence electrons. The Kier molecular flexibility index (Phi) is 4.10. The van der Waals surface area contributed by atoms with Crippen molar-refractivity contribution < 1.29 is 4.74 Å². The van der Waals surface area contributed by atoms with Gasteiger partial charge in [-0.15, -0.1) is 0 Å². The minimum Gasteiger partial charge on any atom is -0.496 e. The topological polar surface area (TPSA) is 38.2 Å². The molecule has 0 unspecified atom stereocenters. The molecule has 0 N–H and O–H groups in total. The molecule has 3 rings (SSSR count). The molecule has 1 fully saturated rings. The van der Waals surface area contributed by atoms with Gasteiger partial charge in [0.2, 0.25) is 0 Å². The van der Waals surface area contributed by atoms with Crippen LogP contribution in [0.2, 0.25) is 0 Å². The van der Waals surface area contributed by atoms with Gasteiger partial charge >= 0.3 is 0 Å². The average Bonchev–Trinajstić information content (AvgIpc) is 3.32. The number of hydrogen-bond acceptors (Lipinski definition) is 4. The molecule has 21 heavy (non-hydrogen) atoms. The smallest absolute Gasteiger partial charge is 0.135 e. The van der Waals surface area contributed by atoms with Gasteiger partial charge in [0.25, 0.3) is 0 Å². The number of rotatable bonds is 5. The first-order valence-electron chi connectivity index (χ1n) is 7.05. The van der Waals surface area contributed by atoms with Gasteiger partial charge in [0, 0.05) is 31.1 Å². The van der Waals surface area contributed by atoms with Gasteiger partial charge in [-0.1, -0.05) is 18.2 Å². The molecule has 4 nitrogen and oxygen atoms in total. The Labute approximate surface area is 133 Å². The first-order chi connectivity index (χ1) is 10.2.